The Labute approximate surface area is 122 Å². The van der Waals surface area contributed by atoms with Crippen LogP contribution in [0.3, 0.4) is 0 Å². The van der Waals surface area contributed by atoms with Crippen LogP contribution >= 0.6 is 0 Å². The lowest BCUT2D eigenvalue weighted by atomic mass is 10.2. The number of carbonyl (C=O) groups is 1. The van der Waals surface area contributed by atoms with Gasteiger partial charge >= 0.3 is 5.97 Å². The minimum Gasteiger partial charge on any atom is -0.480 e. The van der Waals surface area contributed by atoms with Crippen LogP contribution in [0.25, 0.3) is 0 Å². The van der Waals surface area contributed by atoms with Crippen molar-refractivity contribution in [2.45, 2.75) is 30.4 Å². The highest BCUT2D eigenvalue weighted by Crippen LogP contribution is 2.28. The van der Waals surface area contributed by atoms with Crippen molar-refractivity contribution >= 4 is 16.0 Å². The Balaban J connectivity index is 2.52. The van der Waals surface area contributed by atoms with Crippen molar-refractivity contribution in [2.75, 3.05) is 6.54 Å². The van der Waals surface area contributed by atoms with E-state index in [9.17, 15) is 18.3 Å². The standard InChI is InChI=1S/C13H14N2O5S/c1-8-2-3-9(6-14)4-12(8)21(19,20)15-7-10(16)5-11(15)13(17)18/h2-4,10-11,16H,5,7H2,1H3,(H,17,18). The summed E-state index contributed by atoms with van der Waals surface area (Å²) in [7, 11) is -4.09. The van der Waals surface area contributed by atoms with E-state index in [1.54, 1.807) is 6.92 Å². The molecule has 0 radical (unpaired) electrons. The van der Waals surface area contributed by atoms with Crippen LogP contribution in [-0.4, -0.2) is 47.6 Å². The molecule has 0 spiro atoms. The van der Waals surface area contributed by atoms with Gasteiger partial charge in [-0.25, -0.2) is 8.42 Å². The third-order valence-corrected chi connectivity index (χ3v) is 5.44. The molecule has 0 aromatic heterocycles. The lowest BCUT2D eigenvalue weighted by Gasteiger charge is -2.21. The van der Waals surface area contributed by atoms with Gasteiger partial charge in [0.2, 0.25) is 10.0 Å². The Kier molecular flexibility index (Phi) is 4.00. The molecular formula is C13H14N2O5S. The van der Waals surface area contributed by atoms with Crippen LogP contribution in [0.15, 0.2) is 23.1 Å². The van der Waals surface area contributed by atoms with E-state index in [4.69, 9.17) is 10.4 Å². The fourth-order valence-electron chi connectivity index (χ4n) is 2.35. The molecule has 0 bridgehead atoms. The number of hydrogen-bond donors (Lipinski definition) is 2. The molecule has 0 amide bonds. The summed E-state index contributed by atoms with van der Waals surface area (Å²) in [5, 5.41) is 27.6. The summed E-state index contributed by atoms with van der Waals surface area (Å²) in [6.07, 6.45) is -1.16. The topological polar surface area (TPSA) is 119 Å². The van der Waals surface area contributed by atoms with Crippen molar-refractivity contribution in [3.8, 4) is 6.07 Å². The smallest absolute Gasteiger partial charge is 0.322 e. The highest BCUT2D eigenvalue weighted by molar-refractivity contribution is 7.89. The molecule has 1 aliphatic heterocycles. The van der Waals surface area contributed by atoms with Gasteiger partial charge in [0.15, 0.2) is 0 Å². The van der Waals surface area contributed by atoms with E-state index in [0.29, 0.717) is 5.56 Å². The summed E-state index contributed by atoms with van der Waals surface area (Å²) < 4.78 is 26.0. The zero-order valence-corrected chi connectivity index (χ0v) is 12.0. The van der Waals surface area contributed by atoms with Gasteiger partial charge < -0.3 is 10.2 Å². The van der Waals surface area contributed by atoms with E-state index in [2.05, 4.69) is 0 Å². The van der Waals surface area contributed by atoms with E-state index >= 15 is 0 Å². The first-order valence-electron chi connectivity index (χ1n) is 6.21. The summed E-state index contributed by atoms with van der Waals surface area (Å²) in [6.45, 7) is 1.30. The zero-order chi connectivity index (χ0) is 15.8. The molecule has 1 heterocycles. The highest BCUT2D eigenvalue weighted by Gasteiger charge is 2.44. The van der Waals surface area contributed by atoms with Gasteiger partial charge in [0, 0.05) is 13.0 Å². The number of rotatable bonds is 3. The third-order valence-electron chi connectivity index (χ3n) is 3.42. The summed E-state index contributed by atoms with van der Waals surface area (Å²) >= 11 is 0. The van der Waals surface area contributed by atoms with Crippen molar-refractivity contribution in [1.29, 1.82) is 5.26 Å². The molecule has 7 nitrogen and oxygen atoms in total. The number of aliphatic carboxylic acids is 1. The summed E-state index contributed by atoms with van der Waals surface area (Å²) in [5.74, 6) is -1.30. The molecule has 1 fully saturated rings. The van der Waals surface area contributed by atoms with E-state index < -0.39 is 28.1 Å². The van der Waals surface area contributed by atoms with Gasteiger partial charge in [-0.2, -0.15) is 9.57 Å². The van der Waals surface area contributed by atoms with Crippen molar-refractivity contribution in [2.24, 2.45) is 0 Å². The monoisotopic (exact) mass is 310 g/mol. The highest BCUT2D eigenvalue weighted by atomic mass is 32.2. The molecule has 1 aliphatic rings. The number of nitriles is 1. The molecule has 112 valence electrons. The summed E-state index contributed by atoms with van der Waals surface area (Å²) in [6, 6.07) is 4.75. The molecule has 0 aliphatic carbocycles. The molecule has 2 rings (SSSR count). The maximum Gasteiger partial charge on any atom is 0.322 e. The van der Waals surface area contributed by atoms with Gasteiger partial charge in [-0.3, -0.25) is 4.79 Å². The van der Waals surface area contributed by atoms with Crippen LogP contribution in [-0.2, 0) is 14.8 Å². The van der Waals surface area contributed by atoms with Crippen LogP contribution < -0.4 is 0 Å². The number of aryl methyl sites for hydroxylation is 1. The Morgan fingerprint density at radius 2 is 2.14 bits per heavy atom. The van der Waals surface area contributed by atoms with Crippen LogP contribution in [0.2, 0.25) is 0 Å². The summed E-state index contributed by atoms with van der Waals surface area (Å²) in [5.41, 5.74) is 0.588. The fourth-order valence-corrected chi connectivity index (χ4v) is 4.23. The average molecular weight is 310 g/mol. The Hall–Kier alpha value is -1.95. The fraction of sp³-hybridized carbons (Fsp3) is 0.385. The number of carboxylic acids is 1. The Morgan fingerprint density at radius 1 is 1.48 bits per heavy atom. The lowest BCUT2D eigenvalue weighted by Crippen LogP contribution is -2.40. The minimum absolute atomic E-state index is 0.109. The number of aliphatic hydroxyl groups excluding tert-OH is 1. The maximum atomic E-state index is 12.6. The van der Waals surface area contributed by atoms with E-state index in [0.717, 1.165) is 4.31 Å². The number of hydrogen-bond acceptors (Lipinski definition) is 5. The van der Waals surface area contributed by atoms with Gasteiger partial charge in [0.25, 0.3) is 0 Å². The molecule has 1 aromatic carbocycles. The first-order chi connectivity index (χ1) is 9.77. The van der Waals surface area contributed by atoms with Crippen molar-refractivity contribution in [3.63, 3.8) is 0 Å². The molecule has 2 atom stereocenters. The average Bonchev–Trinajstić information content (AvgIpc) is 2.82. The van der Waals surface area contributed by atoms with Gasteiger partial charge in [0.1, 0.15) is 6.04 Å². The Morgan fingerprint density at radius 3 is 2.71 bits per heavy atom. The van der Waals surface area contributed by atoms with Gasteiger partial charge in [-0.15, -0.1) is 0 Å². The number of sulfonamides is 1. The SMILES string of the molecule is Cc1ccc(C#N)cc1S(=O)(=O)N1CC(O)CC1C(=O)O. The predicted octanol–water partition coefficient (Wildman–Crippen LogP) is 0.0752. The molecule has 8 heteroatoms. The molecule has 0 saturated carbocycles. The zero-order valence-electron chi connectivity index (χ0n) is 11.2. The van der Waals surface area contributed by atoms with Crippen LogP contribution in [0.1, 0.15) is 17.5 Å². The number of carboxylic acid groups (broad SMARTS) is 1. The second-order valence-corrected chi connectivity index (χ2v) is 6.77. The molecule has 21 heavy (non-hydrogen) atoms. The second-order valence-electron chi connectivity index (χ2n) is 4.91. The minimum atomic E-state index is -4.09. The maximum absolute atomic E-state index is 12.6. The number of aliphatic hydroxyl groups is 1. The van der Waals surface area contributed by atoms with Crippen LogP contribution in [0, 0.1) is 18.3 Å². The number of β-amino-alcohol motifs (C(OH)–C–C–N with tert-alkyl or cyclic N) is 1. The number of benzene rings is 1. The third kappa shape index (κ3) is 2.76. The van der Waals surface area contributed by atoms with Gasteiger partial charge in [-0.1, -0.05) is 6.07 Å². The van der Waals surface area contributed by atoms with Gasteiger partial charge in [-0.05, 0) is 24.6 Å². The van der Waals surface area contributed by atoms with Crippen LogP contribution in [0.5, 0.6) is 0 Å². The van der Waals surface area contributed by atoms with E-state index in [1.165, 1.54) is 18.2 Å². The van der Waals surface area contributed by atoms with Gasteiger partial charge in [0.05, 0.1) is 22.6 Å². The molecular weight excluding hydrogens is 296 g/mol. The largest absolute Gasteiger partial charge is 0.480 e. The van der Waals surface area contributed by atoms with E-state index in [-0.39, 0.29) is 23.4 Å². The van der Waals surface area contributed by atoms with Crippen LogP contribution in [0.4, 0.5) is 0 Å². The van der Waals surface area contributed by atoms with E-state index in [1.807, 2.05) is 6.07 Å². The molecule has 1 aromatic rings. The molecule has 1 saturated heterocycles. The predicted molar refractivity (Wildman–Crippen MR) is 71.8 cm³/mol. The van der Waals surface area contributed by atoms with Crippen molar-refractivity contribution in [3.05, 3.63) is 29.3 Å². The molecule has 2 N–H and O–H groups in total. The summed E-state index contributed by atoms with van der Waals surface area (Å²) in [4.78, 5) is 11.1. The second kappa shape index (κ2) is 5.44. The lowest BCUT2D eigenvalue weighted by molar-refractivity contribution is -0.140. The molecule has 2 unspecified atom stereocenters. The first kappa shape index (κ1) is 15.4. The first-order valence-corrected chi connectivity index (χ1v) is 7.65. The Bertz CT molecular complexity index is 723. The quantitative estimate of drug-likeness (QED) is 0.816. The number of nitrogens with zero attached hydrogens (tertiary/aromatic N) is 2. The normalized spacial score (nSPS) is 22.9. The van der Waals surface area contributed by atoms with Crippen molar-refractivity contribution in [1.82, 2.24) is 4.31 Å². The van der Waals surface area contributed by atoms with Crippen molar-refractivity contribution < 1.29 is 23.4 Å².